The van der Waals surface area contributed by atoms with Crippen LogP contribution in [-0.4, -0.2) is 50.1 Å². The van der Waals surface area contributed by atoms with Gasteiger partial charge in [-0.1, -0.05) is 0 Å². The summed E-state index contributed by atoms with van der Waals surface area (Å²) < 4.78 is 1.62. The van der Waals surface area contributed by atoms with Crippen molar-refractivity contribution in [2.24, 2.45) is 7.05 Å². The van der Waals surface area contributed by atoms with Crippen molar-refractivity contribution in [3.63, 3.8) is 0 Å². The van der Waals surface area contributed by atoms with Gasteiger partial charge < -0.3 is 15.1 Å². The van der Waals surface area contributed by atoms with Gasteiger partial charge in [-0.2, -0.15) is 5.10 Å². The fourth-order valence-corrected chi connectivity index (χ4v) is 2.42. The molecule has 0 saturated carbocycles. The third kappa shape index (κ3) is 2.82. The van der Waals surface area contributed by atoms with E-state index in [0.29, 0.717) is 29.7 Å². The number of aromatic carboxylic acids is 1. The number of aliphatic hydroxyl groups excluding tert-OH is 1. The lowest BCUT2D eigenvalue weighted by molar-refractivity contribution is 0.0697. The summed E-state index contributed by atoms with van der Waals surface area (Å²) in [6.45, 7) is 4.62. The van der Waals surface area contributed by atoms with Crippen molar-refractivity contribution in [1.82, 2.24) is 14.8 Å². The van der Waals surface area contributed by atoms with E-state index in [1.54, 1.807) is 17.9 Å². The van der Waals surface area contributed by atoms with Crippen LogP contribution in [-0.2, 0) is 7.05 Å². The largest absolute Gasteiger partial charge is 0.478 e. The highest BCUT2D eigenvalue weighted by Gasteiger charge is 2.23. The molecule has 0 unspecified atom stereocenters. The highest BCUT2D eigenvalue weighted by molar-refractivity contribution is 6.03. The minimum atomic E-state index is -1.02. The molecule has 2 rings (SSSR count). The molecule has 0 atom stereocenters. The van der Waals surface area contributed by atoms with Crippen LogP contribution in [0.15, 0.2) is 12.4 Å². The molecule has 21 heavy (non-hydrogen) atoms. The molecule has 0 fully saturated rings. The van der Waals surface area contributed by atoms with Gasteiger partial charge in [-0.3, -0.25) is 4.68 Å². The second-order valence-corrected chi connectivity index (χ2v) is 5.20. The van der Waals surface area contributed by atoms with E-state index in [1.807, 2.05) is 18.7 Å². The first-order valence-corrected chi connectivity index (χ1v) is 6.88. The first kappa shape index (κ1) is 15.2. The second-order valence-electron chi connectivity index (χ2n) is 5.20. The zero-order valence-corrected chi connectivity index (χ0v) is 12.4. The summed E-state index contributed by atoms with van der Waals surface area (Å²) in [7, 11) is 1.77. The van der Waals surface area contributed by atoms with E-state index in [9.17, 15) is 9.90 Å². The summed E-state index contributed by atoms with van der Waals surface area (Å²) >= 11 is 0. The predicted octanol–water partition coefficient (Wildman–Crippen LogP) is 1.26. The standard InChI is InChI=1S/C14H20N4O3/c1-9(2)18(5-4-6-19)12-10-8-16-17(3)13(10)15-7-11(12)14(20)21/h7-9,19H,4-6H2,1-3H3,(H,20,21). The van der Waals surface area contributed by atoms with Crippen LogP contribution >= 0.6 is 0 Å². The number of nitrogens with zero attached hydrogens (tertiary/aromatic N) is 4. The maximum absolute atomic E-state index is 11.5. The van der Waals surface area contributed by atoms with Gasteiger partial charge in [0.2, 0.25) is 0 Å². The molecule has 0 spiro atoms. The number of aliphatic hydroxyl groups is 1. The lowest BCUT2D eigenvalue weighted by atomic mass is 10.1. The van der Waals surface area contributed by atoms with Crippen LogP contribution < -0.4 is 4.90 Å². The first-order valence-electron chi connectivity index (χ1n) is 6.88. The number of aromatic nitrogens is 3. The number of anilines is 1. The van der Waals surface area contributed by atoms with Crippen LogP contribution in [0.3, 0.4) is 0 Å². The Bertz CT molecular complexity index is 651. The lowest BCUT2D eigenvalue weighted by Gasteiger charge is -2.30. The Kier molecular flexibility index (Phi) is 4.42. The molecule has 2 N–H and O–H groups in total. The molecule has 0 bridgehead atoms. The van der Waals surface area contributed by atoms with Crippen molar-refractivity contribution in [3.05, 3.63) is 18.0 Å². The minimum Gasteiger partial charge on any atom is -0.478 e. The van der Waals surface area contributed by atoms with Crippen LogP contribution in [0.4, 0.5) is 5.69 Å². The van der Waals surface area contributed by atoms with Gasteiger partial charge >= 0.3 is 5.97 Å². The van der Waals surface area contributed by atoms with Crippen LogP contribution in [0.5, 0.6) is 0 Å². The highest BCUT2D eigenvalue weighted by atomic mass is 16.4. The normalized spacial score (nSPS) is 11.3. The van der Waals surface area contributed by atoms with Crippen molar-refractivity contribution >= 4 is 22.7 Å². The number of carbonyl (C=O) groups is 1. The van der Waals surface area contributed by atoms with E-state index >= 15 is 0 Å². The molecule has 2 aromatic heterocycles. The maximum atomic E-state index is 11.5. The summed E-state index contributed by atoms with van der Waals surface area (Å²) in [5.74, 6) is -1.02. The Morgan fingerprint density at radius 2 is 2.14 bits per heavy atom. The quantitative estimate of drug-likeness (QED) is 0.833. The molecule has 7 heteroatoms. The van der Waals surface area contributed by atoms with Gasteiger partial charge in [-0.15, -0.1) is 0 Å². The van der Waals surface area contributed by atoms with Gasteiger partial charge in [0, 0.05) is 32.4 Å². The van der Waals surface area contributed by atoms with E-state index in [1.165, 1.54) is 6.20 Å². The number of rotatable bonds is 6. The summed E-state index contributed by atoms with van der Waals surface area (Å²) in [5, 5.41) is 23.4. The van der Waals surface area contributed by atoms with Crippen LogP contribution in [0.25, 0.3) is 11.0 Å². The number of fused-ring (bicyclic) bond motifs is 1. The Hall–Kier alpha value is -2.15. The Morgan fingerprint density at radius 1 is 1.43 bits per heavy atom. The van der Waals surface area contributed by atoms with Gasteiger partial charge in [0.05, 0.1) is 17.3 Å². The van der Waals surface area contributed by atoms with Gasteiger partial charge in [-0.25, -0.2) is 9.78 Å². The molecule has 0 aliphatic rings. The van der Waals surface area contributed by atoms with Crippen molar-refractivity contribution in [2.45, 2.75) is 26.3 Å². The number of hydrogen-bond acceptors (Lipinski definition) is 5. The fourth-order valence-electron chi connectivity index (χ4n) is 2.42. The Balaban J connectivity index is 2.66. The van der Waals surface area contributed by atoms with Crippen molar-refractivity contribution in [3.8, 4) is 0 Å². The summed E-state index contributed by atoms with van der Waals surface area (Å²) in [4.78, 5) is 17.7. The molecule has 0 aliphatic carbocycles. The van der Waals surface area contributed by atoms with E-state index in [-0.39, 0.29) is 18.2 Å². The molecule has 114 valence electrons. The van der Waals surface area contributed by atoms with E-state index in [4.69, 9.17) is 5.11 Å². The predicted molar refractivity (Wildman–Crippen MR) is 79.7 cm³/mol. The molecule has 0 aliphatic heterocycles. The zero-order valence-electron chi connectivity index (χ0n) is 12.4. The Labute approximate surface area is 122 Å². The molecule has 0 amide bonds. The van der Waals surface area contributed by atoms with E-state index < -0.39 is 5.97 Å². The molecule has 0 aromatic carbocycles. The molecule has 2 heterocycles. The third-order valence-electron chi connectivity index (χ3n) is 3.43. The molecule has 0 saturated heterocycles. The summed E-state index contributed by atoms with van der Waals surface area (Å²) in [5.41, 5.74) is 1.41. The number of hydrogen-bond donors (Lipinski definition) is 2. The molecule has 7 nitrogen and oxygen atoms in total. The molecule has 2 aromatic rings. The monoisotopic (exact) mass is 292 g/mol. The lowest BCUT2D eigenvalue weighted by Crippen LogP contribution is -2.33. The molecular weight excluding hydrogens is 272 g/mol. The summed E-state index contributed by atoms with van der Waals surface area (Å²) in [6.07, 6.45) is 3.58. The SMILES string of the molecule is CC(C)N(CCCO)c1c(C(=O)O)cnc2c1cnn2C. The number of carboxylic acids is 1. The average molecular weight is 292 g/mol. The van der Waals surface area contributed by atoms with Crippen molar-refractivity contribution < 1.29 is 15.0 Å². The van der Waals surface area contributed by atoms with Gasteiger partial charge in [-0.05, 0) is 20.3 Å². The van der Waals surface area contributed by atoms with Crippen LogP contribution in [0.2, 0.25) is 0 Å². The smallest absolute Gasteiger partial charge is 0.339 e. The Morgan fingerprint density at radius 3 is 2.71 bits per heavy atom. The zero-order chi connectivity index (χ0) is 15.6. The number of pyridine rings is 1. The molecule has 0 radical (unpaired) electrons. The molecular formula is C14H20N4O3. The second kappa shape index (κ2) is 6.09. The number of carboxylic acid groups (broad SMARTS) is 1. The van der Waals surface area contributed by atoms with Crippen molar-refractivity contribution in [2.75, 3.05) is 18.1 Å². The summed E-state index contributed by atoms with van der Waals surface area (Å²) in [6, 6.07) is 0.0976. The van der Waals surface area contributed by atoms with Crippen molar-refractivity contribution in [1.29, 1.82) is 0 Å². The maximum Gasteiger partial charge on any atom is 0.339 e. The minimum absolute atomic E-state index is 0.0624. The van der Waals surface area contributed by atoms with E-state index in [2.05, 4.69) is 10.1 Å². The third-order valence-corrected chi connectivity index (χ3v) is 3.43. The first-order chi connectivity index (χ1) is 9.97. The average Bonchev–Trinajstić information content (AvgIpc) is 2.80. The van der Waals surface area contributed by atoms with Gasteiger partial charge in [0.25, 0.3) is 0 Å². The van der Waals surface area contributed by atoms with Gasteiger partial charge in [0.1, 0.15) is 5.56 Å². The number of aryl methyl sites for hydroxylation is 1. The van der Waals surface area contributed by atoms with Gasteiger partial charge in [0.15, 0.2) is 5.65 Å². The highest BCUT2D eigenvalue weighted by Crippen LogP contribution is 2.31. The van der Waals surface area contributed by atoms with Crippen LogP contribution in [0.1, 0.15) is 30.6 Å². The van der Waals surface area contributed by atoms with Crippen LogP contribution in [0, 0.1) is 0 Å². The van der Waals surface area contributed by atoms with E-state index in [0.717, 1.165) is 0 Å². The topological polar surface area (TPSA) is 91.5 Å². The fraction of sp³-hybridized carbons (Fsp3) is 0.500.